The van der Waals surface area contributed by atoms with Crippen LogP contribution < -0.4 is 15.1 Å². The summed E-state index contributed by atoms with van der Waals surface area (Å²) in [4.78, 5) is 27.9. The summed E-state index contributed by atoms with van der Waals surface area (Å²) in [5.74, 6) is 1.30. The molecule has 2 aromatic rings. The fraction of sp³-hybridized carbons (Fsp3) is 0.421. The lowest BCUT2D eigenvalue weighted by Gasteiger charge is -2.30. The lowest BCUT2D eigenvalue weighted by Crippen LogP contribution is -2.37. The summed E-state index contributed by atoms with van der Waals surface area (Å²) in [7, 11) is 5.86. The second-order valence-corrected chi connectivity index (χ2v) is 7.06. The maximum atomic E-state index is 12.8. The number of nitrogens with one attached hydrogen (secondary N) is 1. The van der Waals surface area contributed by atoms with Crippen LogP contribution in [0, 0.1) is 0 Å². The van der Waals surface area contributed by atoms with Crippen LogP contribution in [0.15, 0.2) is 30.5 Å². The van der Waals surface area contributed by atoms with Gasteiger partial charge in [0.05, 0.1) is 17.4 Å². The Bertz CT molecular complexity index is 831. The fourth-order valence-electron chi connectivity index (χ4n) is 3.61. The number of rotatable bonds is 2. The van der Waals surface area contributed by atoms with Gasteiger partial charge in [-0.15, -0.1) is 0 Å². The molecule has 4 rings (SSSR count). The molecule has 1 aromatic heterocycles. The molecule has 136 valence electrons. The number of hydrogen-bond acceptors (Lipinski definition) is 6. The van der Waals surface area contributed by atoms with Crippen LogP contribution in [0.25, 0.3) is 0 Å². The maximum Gasteiger partial charge on any atom is 0.260 e. The monoisotopic (exact) mass is 352 g/mol. The lowest BCUT2D eigenvalue weighted by molar-refractivity contribution is 0.0994. The van der Waals surface area contributed by atoms with Crippen LogP contribution in [0.2, 0.25) is 0 Å². The van der Waals surface area contributed by atoms with Crippen molar-refractivity contribution in [3.8, 4) is 0 Å². The van der Waals surface area contributed by atoms with E-state index in [1.807, 2.05) is 36.2 Å². The minimum Gasteiger partial charge on any atom is -0.351 e. The third kappa shape index (κ3) is 2.88. The molecule has 1 amide bonds. The second-order valence-electron chi connectivity index (χ2n) is 7.06. The largest absolute Gasteiger partial charge is 0.351 e. The summed E-state index contributed by atoms with van der Waals surface area (Å²) in [6.45, 7) is 2.15. The van der Waals surface area contributed by atoms with Crippen molar-refractivity contribution in [2.45, 2.75) is 18.9 Å². The van der Waals surface area contributed by atoms with E-state index >= 15 is 0 Å². The van der Waals surface area contributed by atoms with Crippen molar-refractivity contribution >= 4 is 29.0 Å². The quantitative estimate of drug-likeness (QED) is 0.895. The zero-order valence-corrected chi connectivity index (χ0v) is 15.4. The highest BCUT2D eigenvalue weighted by molar-refractivity contribution is 6.13. The van der Waals surface area contributed by atoms with E-state index in [0.717, 1.165) is 37.4 Å². The Morgan fingerprint density at radius 1 is 1.04 bits per heavy atom. The molecule has 0 aliphatic carbocycles. The molecular formula is C19H24N6O. The van der Waals surface area contributed by atoms with E-state index in [2.05, 4.69) is 22.2 Å². The maximum absolute atomic E-state index is 12.8. The molecule has 0 saturated carbocycles. The van der Waals surface area contributed by atoms with E-state index in [9.17, 15) is 4.79 Å². The number of piperidine rings is 1. The number of amides is 1. The average molecular weight is 352 g/mol. The molecule has 0 spiro atoms. The number of hydrogen-bond donors (Lipinski definition) is 1. The van der Waals surface area contributed by atoms with Gasteiger partial charge in [-0.05, 0) is 45.1 Å². The summed E-state index contributed by atoms with van der Waals surface area (Å²) in [5, 5.41) is 3.46. The van der Waals surface area contributed by atoms with E-state index in [1.165, 1.54) is 0 Å². The van der Waals surface area contributed by atoms with Gasteiger partial charge in [0, 0.05) is 20.1 Å². The van der Waals surface area contributed by atoms with E-state index in [-0.39, 0.29) is 5.91 Å². The average Bonchev–Trinajstić information content (AvgIpc) is 2.74. The Morgan fingerprint density at radius 2 is 1.77 bits per heavy atom. The molecular weight excluding hydrogens is 328 g/mol. The van der Waals surface area contributed by atoms with Gasteiger partial charge in [-0.1, -0.05) is 12.1 Å². The Kier molecular flexibility index (Phi) is 4.24. The summed E-state index contributed by atoms with van der Waals surface area (Å²) in [6, 6.07) is 8.00. The lowest BCUT2D eigenvalue weighted by atomic mass is 10.1. The van der Waals surface area contributed by atoms with Crippen molar-refractivity contribution < 1.29 is 4.79 Å². The minimum atomic E-state index is -0.0502. The Balaban J connectivity index is 1.68. The fourth-order valence-corrected chi connectivity index (χ4v) is 3.61. The number of anilines is 4. The normalized spacial score (nSPS) is 18.3. The number of carbonyl (C=O) groups is 1. The van der Waals surface area contributed by atoms with Crippen molar-refractivity contribution in [1.82, 2.24) is 14.9 Å². The van der Waals surface area contributed by atoms with Gasteiger partial charge in [0.1, 0.15) is 5.69 Å². The number of carbonyl (C=O) groups excluding carboxylic acids is 1. The number of aromatic nitrogens is 2. The zero-order valence-electron chi connectivity index (χ0n) is 15.4. The summed E-state index contributed by atoms with van der Waals surface area (Å²) in [5.41, 5.74) is 2.23. The van der Waals surface area contributed by atoms with Gasteiger partial charge >= 0.3 is 0 Å². The third-order valence-corrected chi connectivity index (χ3v) is 5.28. The number of likely N-dealkylation sites (tertiary alicyclic amines) is 1. The highest BCUT2D eigenvalue weighted by Gasteiger charge is 2.29. The number of benzene rings is 1. The molecule has 0 atom stereocenters. The molecule has 0 bridgehead atoms. The Morgan fingerprint density at radius 3 is 2.54 bits per heavy atom. The smallest absolute Gasteiger partial charge is 0.260 e. The molecule has 7 heteroatoms. The predicted octanol–water partition coefficient (Wildman–Crippen LogP) is 2.34. The van der Waals surface area contributed by atoms with Crippen molar-refractivity contribution in [2.24, 2.45) is 0 Å². The number of fused-ring (bicyclic) bond motifs is 2. The molecule has 7 nitrogen and oxygen atoms in total. The highest BCUT2D eigenvalue weighted by Crippen LogP contribution is 2.37. The van der Waals surface area contributed by atoms with Crippen LogP contribution in [0.5, 0.6) is 0 Å². The van der Waals surface area contributed by atoms with Crippen molar-refractivity contribution in [3.05, 3.63) is 36.0 Å². The van der Waals surface area contributed by atoms with Crippen LogP contribution in [0.1, 0.15) is 23.2 Å². The van der Waals surface area contributed by atoms with Crippen molar-refractivity contribution in [2.75, 3.05) is 49.3 Å². The highest BCUT2D eigenvalue weighted by atomic mass is 16.2. The minimum absolute atomic E-state index is 0.0502. The standard InChI is InChI=1S/C19H24N6O/c1-23-10-8-13(9-11-23)21-19-20-12-16-17(22-19)24(2)15-7-5-4-6-14(15)18(26)25(16)3/h4-7,12-13H,8-11H2,1-3H3,(H,20,21,22). The van der Waals surface area contributed by atoms with Gasteiger partial charge in [0.2, 0.25) is 5.95 Å². The van der Waals surface area contributed by atoms with Gasteiger partial charge in [-0.2, -0.15) is 4.98 Å². The van der Waals surface area contributed by atoms with Crippen LogP contribution in [-0.2, 0) is 0 Å². The van der Waals surface area contributed by atoms with E-state index < -0.39 is 0 Å². The molecule has 1 saturated heterocycles. The Hall–Kier alpha value is -2.67. The Labute approximate surface area is 153 Å². The first kappa shape index (κ1) is 16.8. The predicted molar refractivity (Wildman–Crippen MR) is 103 cm³/mol. The molecule has 26 heavy (non-hydrogen) atoms. The van der Waals surface area contributed by atoms with E-state index in [4.69, 9.17) is 4.98 Å². The van der Waals surface area contributed by atoms with Gasteiger partial charge in [-0.3, -0.25) is 4.79 Å². The summed E-state index contributed by atoms with van der Waals surface area (Å²) < 4.78 is 0. The van der Waals surface area contributed by atoms with Gasteiger partial charge in [0.15, 0.2) is 5.82 Å². The molecule has 0 unspecified atom stereocenters. The molecule has 1 fully saturated rings. The second kappa shape index (κ2) is 6.57. The summed E-state index contributed by atoms with van der Waals surface area (Å²) >= 11 is 0. The third-order valence-electron chi connectivity index (χ3n) is 5.28. The van der Waals surface area contributed by atoms with Crippen LogP contribution in [0.4, 0.5) is 23.1 Å². The molecule has 2 aliphatic rings. The number of nitrogens with zero attached hydrogens (tertiary/aromatic N) is 5. The molecule has 1 N–H and O–H groups in total. The first-order valence-electron chi connectivity index (χ1n) is 8.97. The van der Waals surface area contributed by atoms with Crippen LogP contribution >= 0.6 is 0 Å². The molecule has 1 aromatic carbocycles. The van der Waals surface area contributed by atoms with Gasteiger partial charge < -0.3 is 20.0 Å². The molecule has 2 aliphatic heterocycles. The van der Waals surface area contributed by atoms with Crippen molar-refractivity contribution in [3.63, 3.8) is 0 Å². The number of para-hydroxylation sites is 1. The van der Waals surface area contributed by atoms with Gasteiger partial charge in [-0.25, -0.2) is 4.98 Å². The first-order chi connectivity index (χ1) is 12.5. The van der Waals surface area contributed by atoms with Crippen LogP contribution in [-0.4, -0.2) is 61.0 Å². The first-order valence-corrected chi connectivity index (χ1v) is 8.97. The van der Waals surface area contributed by atoms with E-state index in [1.54, 1.807) is 18.1 Å². The summed E-state index contributed by atoms with van der Waals surface area (Å²) in [6.07, 6.45) is 3.89. The van der Waals surface area contributed by atoms with Gasteiger partial charge in [0.25, 0.3) is 5.91 Å². The van der Waals surface area contributed by atoms with Crippen LogP contribution in [0.3, 0.4) is 0 Å². The SMILES string of the molecule is CN1CCC(Nc2ncc3c(n2)N(C)c2ccccc2C(=O)N3C)CC1. The topological polar surface area (TPSA) is 64.6 Å². The van der Waals surface area contributed by atoms with E-state index in [0.29, 0.717) is 23.2 Å². The van der Waals surface area contributed by atoms with Crippen molar-refractivity contribution in [1.29, 1.82) is 0 Å². The zero-order chi connectivity index (χ0) is 18.3. The molecule has 0 radical (unpaired) electrons. The molecule has 3 heterocycles.